The zero-order valence-electron chi connectivity index (χ0n) is 11.2. The van der Waals surface area contributed by atoms with Gasteiger partial charge in [-0.05, 0) is 60.2 Å². The highest BCUT2D eigenvalue weighted by atomic mass is 79.9. The zero-order chi connectivity index (χ0) is 13.4. The van der Waals surface area contributed by atoms with Gasteiger partial charge >= 0.3 is 0 Å². The SMILES string of the molecule is CCN(CC)CCCNCc1cccc(Br)c1Cl. The summed E-state index contributed by atoms with van der Waals surface area (Å²) in [5, 5.41) is 4.25. The van der Waals surface area contributed by atoms with Crippen molar-refractivity contribution in [1.82, 2.24) is 10.2 Å². The van der Waals surface area contributed by atoms with Crippen molar-refractivity contribution in [2.24, 2.45) is 0 Å². The monoisotopic (exact) mass is 332 g/mol. The van der Waals surface area contributed by atoms with Gasteiger partial charge in [0.2, 0.25) is 0 Å². The molecular formula is C14H22BrClN2. The van der Waals surface area contributed by atoms with E-state index in [1.807, 2.05) is 12.1 Å². The Hall–Kier alpha value is -0.0900. The van der Waals surface area contributed by atoms with Crippen molar-refractivity contribution < 1.29 is 0 Å². The highest BCUT2D eigenvalue weighted by Crippen LogP contribution is 2.25. The van der Waals surface area contributed by atoms with Gasteiger partial charge in [0.1, 0.15) is 0 Å². The van der Waals surface area contributed by atoms with E-state index in [0.717, 1.165) is 47.8 Å². The molecule has 1 N–H and O–H groups in total. The topological polar surface area (TPSA) is 15.3 Å². The number of hydrogen-bond acceptors (Lipinski definition) is 2. The molecule has 0 amide bonds. The predicted molar refractivity (Wildman–Crippen MR) is 83.3 cm³/mol. The van der Waals surface area contributed by atoms with Gasteiger partial charge in [0, 0.05) is 11.0 Å². The number of nitrogens with one attached hydrogen (secondary N) is 1. The molecule has 0 heterocycles. The molecule has 1 rings (SSSR count). The molecule has 0 fully saturated rings. The first-order valence-corrected chi connectivity index (χ1v) is 7.72. The van der Waals surface area contributed by atoms with E-state index in [0.29, 0.717) is 0 Å². The molecule has 102 valence electrons. The smallest absolute Gasteiger partial charge is 0.0592 e. The van der Waals surface area contributed by atoms with Crippen LogP contribution in [0.2, 0.25) is 5.02 Å². The van der Waals surface area contributed by atoms with Crippen molar-refractivity contribution in [1.29, 1.82) is 0 Å². The number of hydrogen-bond donors (Lipinski definition) is 1. The van der Waals surface area contributed by atoms with Crippen molar-refractivity contribution in [2.75, 3.05) is 26.2 Å². The van der Waals surface area contributed by atoms with E-state index in [1.165, 1.54) is 6.42 Å². The van der Waals surface area contributed by atoms with Gasteiger partial charge in [-0.15, -0.1) is 0 Å². The molecule has 4 heteroatoms. The van der Waals surface area contributed by atoms with Crippen LogP contribution in [0.4, 0.5) is 0 Å². The maximum absolute atomic E-state index is 6.21. The van der Waals surface area contributed by atoms with Crippen LogP contribution in [0.1, 0.15) is 25.8 Å². The van der Waals surface area contributed by atoms with Crippen LogP contribution in [0, 0.1) is 0 Å². The summed E-state index contributed by atoms with van der Waals surface area (Å²) >= 11 is 9.65. The van der Waals surface area contributed by atoms with Gasteiger partial charge in [-0.1, -0.05) is 37.6 Å². The Balaban J connectivity index is 2.24. The molecule has 0 aliphatic carbocycles. The van der Waals surface area contributed by atoms with Crippen LogP contribution in [0.25, 0.3) is 0 Å². The third-order valence-electron chi connectivity index (χ3n) is 3.07. The van der Waals surface area contributed by atoms with Gasteiger partial charge in [0.05, 0.1) is 5.02 Å². The van der Waals surface area contributed by atoms with Gasteiger partial charge in [-0.3, -0.25) is 0 Å². The molecule has 1 aromatic carbocycles. The summed E-state index contributed by atoms with van der Waals surface area (Å²) in [6.07, 6.45) is 1.17. The summed E-state index contributed by atoms with van der Waals surface area (Å²) in [5.41, 5.74) is 1.15. The van der Waals surface area contributed by atoms with Crippen molar-refractivity contribution in [3.05, 3.63) is 33.3 Å². The quantitative estimate of drug-likeness (QED) is 0.725. The van der Waals surface area contributed by atoms with E-state index in [1.54, 1.807) is 0 Å². The van der Waals surface area contributed by atoms with Crippen molar-refractivity contribution in [3.63, 3.8) is 0 Å². The van der Waals surface area contributed by atoms with Crippen LogP contribution in [0.15, 0.2) is 22.7 Å². The first-order valence-electron chi connectivity index (χ1n) is 6.55. The second-order valence-corrected chi connectivity index (χ2v) is 5.50. The molecular weight excluding hydrogens is 312 g/mol. The largest absolute Gasteiger partial charge is 0.313 e. The lowest BCUT2D eigenvalue weighted by molar-refractivity contribution is 0.298. The first kappa shape index (κ1) is 16.0. The van der Waals surface area contributed by atoms with E-state index in [4.69, 9.17) is 11.6 Å². The summed E-state index contributed by atoms with van der Waals surface area (Å²) in [4.78, 5) is 2.44. The minimum atomic E-state index is 0.814. The maximum Gasteiger partial charge on any atom is 0.0592 e. The van der Waals surface area contributed by atoms with Gasteiger partial charge < -0.3 is 10.2 Å². The fourth-order valence-corrected chi connectivity index (χ4v) is 2.48. The molecule has 0 aliphatic heterocycles. The minimum Gasteiger partial charge on any atom is -0.313 e. The van der Waals surface area contributed by atoms with Gasteiger partial charge in [0.25, 0.3) is 0 Å². The molecule has 0 unspecified atom stereocenters. The van der Waals surface area contributed by atoms with Gasteiger partial charge in [-0.2, -0.15) is 0 Å². The molecule has 0 aliphatic rings. The summed E-state index contributed by atoms with van der Waals surface area (Å²) in [5.74, 6) is 0. The summed E-state index contributed by atoms with van der Waals surface area (Å²) in [6.45, 7) is 9.69. The molecule has 0 bridgehead atoms. The normalized spacial score (nSPS) is 11.2. The second kappa shape index (κ2) is 8.92. The van der Waals surface area contributed by atoms with Gasteiger partial charge in [0.15, 0.2) is 0 Å². The Bertz CT molecular complexity index is 354. The zero-order valence-corrected chi connectivity index (χ0v) is 13.5. The fraction of sp³-hybridized carbons (Fsp3) is 0.571. The lowest BCUT2D eigenvalue weighted by atomic mass is 10.2. The Morgan fingerprint density at radius 2 is 2.00 bits per heavy atom. The van der Waals surface area contributed by atoms with E-state index in [2.05, 4.69) is 46.1 Å². The highest BCUT2D eigenvalue weighted by molar-refractivity contribution is 9.10. The first-order chi connectivity index (χ1) is 8.69. The van der Waals surface area contributed by atoms with E-state index >= 15 is 0 Å². The van der Waals surface area contributed by atoms with Crippen LogP contribution in [0.3, 0.4) is 0 Å². The fourth-order valence-electron chi connectivity index (χ4n) is 1.88. The lowest BCUT2D eigenvalue weighted by Gasteiger charge is -2.17. The molecule has 0 spiro atoms. The lowest BCUT2D eigenvalue weighted by Crippen LogP contribution is -2.27. The van der Waals surface area contributed by atoms with Crippen LogP contribution in [-0.4, -0.2) is 31.1 Å². The van der Waals surface area contributed by atoms with Crippen LogP contribution < -0.4 is 5.32 Å². The molecule has 0 saturated heterocycles. The van der Waals surface area contributed by atoms with Crippen LogP contribution in [0.5, 0.6) is 0 Å². The van der Waals surface area contributed by atoms with Crippen LogP contribution >= 0.6 is 27.5 Å². The molecule has 0 atom stereocenters. The van der Waals surface area contributed by atoms with Crippen molar-refractivity contribution in [3.8, 4) is 0 Å². The highest BCUT2D eigenvalue weighted by Gasteiger charge is 2.03. The number of benzene rings is 1. The average Bonchev–Trinajstić information content (AvgIpc) is 2.38. The molecule has 18 heavy (non-hydrogen) atoms. The molecule has 0 saturated carbocycles. The molecule has 2 nitrogen and oxygen atoms in total. The molecule has 1 aromatic rings. The third-order valence-corrected chi connectivity index (χ3v) is 4.40. The number of rotatable bonds is 8. The number of nitrogens with zero attached hydrogens (tertiary/aromatic N) is 1. The minimum absolute atomic E-state index is 0.814. The average molecular weight is 334 g/mol. The third kappa shape index (κ3) is 5.27. The molecule has 0 radical (unpaired) electrons. The maximum atomic E-state index is 6.21. The van der Waals surface area contributed by atoms with Gasteiger partial charge in [-0.25, -0.2) is 0 Å². The Labute approximate surface area is 124 Å². The summed E-state index contributed by atoms with van der Waals surface area (Å²) < 4.78 is 0.964. The van der Waals surface area contributed by atoms with E-state index < -0.39 is 0 Å². The van der Waals surface area contributed by atoms with E-state index in [-0.39, 0.29) is 0 Å². The Morgan fingerprint density at radius 3 is 2.67 bits per heavy atom. The summed E-state index contributed by atoms with van der Waals surface area (Å²) in [7, 11) is 0. The Kier molecular flexibility index (Phi) is 7.91. The predicted octanol–water partition coefficient (Wildman–Crippen LogP) is 3.92. The standard InChI is InChI=1S/C14H22BrClN2/c1-3-18(4-2)10-6-9-17-11-12-7-5-8-13(15)14(12)16/h5,7-8,17H,3-4,6,9-11H2,1-2H3. The van der Waals surface area contributed by atoms with E-state index in [9.17, 15) is 0 Å². The summed E-state index contributed by atoms with van der Waals surface area (Å²) in [6, 6.07) is 6.04. The number of halogens is 2. The second-order valence-electron chi connectivity index (χ2n) is 4.27. The Morgan fingerprint density at radius 1 is 1.28 bits per heavy atom. The molecule has 0 aromatic heterocycles. The van der Waals surface area contributed by atoms with Crippen molar-refractivity contribution in [2.45, 2.75) is 26.8 Å². The van der Waals surface area contributed by atoms with Crippen LogP contribution in [-0.2, 0) is 6.54 Å². The van der Waals surface area contributed by atoms with Crippen molar-refractivity contribution >= 4 is 27.5 Å².